The maximum atomic E-state index is 12.2. The van der Waals surface area contributed by atoms with Crippen LogP contribution >= 0.6 is 0 Å². The number of anilines is 3. The maximum absolute atomic E-state index is 12.2. The molecule has 1 aliphatic rings. The molecule has 1 aliphatic heterocycles. The standard InChI is InChI=1S/C29H34N6O3/c1-29(2,3)38-27(36)20-37-26-8-6-5-7-24(26)25-14-13-23-19-30-28(32-35(23)25)31-21-9-11-22(12-10-21)34-17-15-33(4)16-18-34/h5-14,19H,15-18,20H2,1-4H3,(H,31,32). The molecular weight excluding hydrogens is 480 g/mol. The van der Waals surface area contributed by atoms with Crippen LogP contribution in [-0.2, 0) is 9.53 Å². The first kappa shape index (κ1) is 25.5. The van der Waals surface area contributed by atoms with Gasteiger partial charge in [0.05, 0.1) is 17.4 Å². The average Bonchev–Trinajstić information content (AvgIpc) is 3.31. The van der Waals surface area contributed by atoms with Crippen LogP contribution in [-0.4, -0.2) is 70.9 Å². The van der Waals surface area contributed by atoms with Gasteiger partial charge in [-0.2, -0.15) is 0 Å². The Morgan fingerprint density at radius 2 is 1.71 bits per heavy atom. The molecule has 0 bridgehead atoms. The maximum Gasteiger partial charge on any atom is 0.344 e. The van der Waals surface area contributed by atoms with Crippen molar-refractivity contribution in [3.63, 3.8) is 0 Å². The number of rotatable bonds is 7. The SMILES string of the molecule is CN1CCN(c2ccc(Nc3ncc4ccc(-c5ccccc5OCC(=O)OC(C)(C)C)n4n3)cc2)CC1. The lowest BCUT2D eigenvalue weighted by Gasteiger charge is -2.34. The molecule has 1 saturated heterocycles. The van der Waals surface area contributed by atoms with Gasteiger partial charge in [-0.3, -0.25) is 0 Å². The highest BCUT2D eigenvalue weighted by molar-refractivity contribution is 5.74. The highest BCUT2D eigenvalue weighted by atomic mass is 16.6. The lowest BCUT2D eigenvalue weighted by atomic mass is 10.1. The molecule has 0 aliphatic carbocycles. The number of ether oxygens (including phenoxy) is 2. The van der Waals surface area contributed by atoms with Crippen molar-refractivity contribution in [1.82, 2.24) is 19.5 Å². The highest BCUT2D eigenvalue weighted by Crippen LogP contribution is 2.31. The Hall–Kier alpha value is -4.11. The van der Waals surface area contributed by atoms with Crippen LogP contribution in [0.3, 0.4) is 0 Å². The van der Waals surface area contributed by atoms with Crippen LogP contribution < -0.4 is 15.0 Å². The van der Waals surface area contributed by atoms with E-state index in [4.69, 9.17) is 14.6 Å². The molecule has 1 fully saturated rings. The van der Waals surface area contributed by atoms with Gasteiger partial charge in [0.15, 0.2) is 6.61 Å². The zero-order valence-corrected chi connectivity index (χ0v) is 22.3. The second kappa shape index (κ2) is 10.7. The molecule has 198 valence electrons. The predicted octanol–water partition coefficient (Wildman–Crippen LogP) is 4.61. The minimum atomic E-state index is -0.567. The van der Waals surface area contributed by atoms with E-state index in [1.165, 1.54) is 5.69 Å². The fourth-order valence-corrected chi connectivity index (χ4v) is 4.42. The van der Waals surface area contributed by atoms with E-state index in [2.05, 4.69) is 51.4 Å². The number of likely N-dealkylation sites (N-methyl/N-ethyl adjacent to an activating group) is 1. The minimum Gasteiger partial charge on any atom is -0.481 e. The van der Waals surface area contributed by atoms with Crippen molar-refractivity contribution in [2.75, 3.05) is 50.1 Å². The summed E-state index contributed by atoms with van der Waals surface area (Å²) in [5.41, 5.74) is 4.06. The van der Waals surface area contributed by atoms with E-state index in [1.807, 2.05) is 61.7 Å². The van der Waals surface area contributed by atoms with E-state index in [9.17, 15) is 4.79 Å². The van der Waals surface area contributed by atoms with E-state index in [0.29, 0.717) is 11.7 Å². The smallest absolute Gasteiger partial charge is 0.344 e. The minimum absolute atomic E-state index is 0.177. The van der Waals surface area contributed by atoms with Crippen molar-refractivity contribution in [1.29, 1.82) is 0 Å². The average molecular weight is 515 g/mol. The second-order valence-electron chi connectivity index (χ2n) is 10.5. The molecule has 1 N–H and O–H groups in total. The van der Waals surface area contributed by atoms with Gasteiger partial charge in [0.2, 0.25) is 5.95 Å². The summed E-state index contributed by atoms with van der Waals surface area (Å²) >= 11 is 0. The number of aromatic nitrogens is 3. The van der Waals surface area contributed by atoms with Gasteiger partial charge in [-0.05, 0) is 76.3 Å². The van der Waals surface area contributed by atoms with Crippen LogP contribution in [0.2, 0.25) is 0 Å². The number of fused-ring (bicyclic) bond motifs is 1. The molecule has 0 spiro atoms. The summed E-state index contributed by atoms with van der Waals surface area (Å²) in [5, 5.41) is 8.06. The van der Waals surface area contributed by atoms with Gasteiger partial charge in [-0.25, -0.2) is 14.3 Å². The van der Waals surface area contributed by atoms with Crippen LogP contribution in [0.1, 0.15) is 20.8 Å². The molecule has 9 heteroatoms. The van der Waals surface area contributed by atoms with Gasteiger partial charge in [0.1, 0.15) is 11.4 Å². The van der Waals surface area contributed by atoms with Gasteiger partial charge >= 0.3 is 5.97 Å². The quantitative estimate of drug-likeness (QED) is 0.358. The van der Waals surface area contributed by atoms with Crippen molar-refractivity contribution in [3.8, 4) is 17.0 Å². The highest BCUT2D eigenvalue weighted by Gasteiger charge is 2.18. The number of carbonyl (C=O) groups excluding carboxylic acids is 1. The summed E-state index contributed by atoms with van der Waals surface area (Å²) in [7, 11) is 2.16. The third-order valence-electron chi connectivity index (χ3n) is 6.32. The van der Waals surface area contributed by atoms with E-state index in [0.717, 1.165) is 48.6 Å². The molecule has 0 radical (unpaired) electrons. The van der Waals surface area contributed by atoms with Gasteiger partial charge in [0, 0.05) is 43.1 Å². The third-order valence-corrected chi connectivity index (χ3v) is 6.32. The topological polar surface area (TPSA) is 84.2 Å². The van der Waals surface area contributed by atoms with Crippen LogP contribution in [0.25, 0.3) is 16.8 Å². The molecule has 0 unspecified atom stereocenters. The van der Waals surface area contributed by atoms with Crippen molar-refractivity contribution < 1.29 is 14.3 Å². The number of benzene rings is 2. The molecule has 0 amide bonds. The third kappa shape index (κ3) is 6.06. The lowest BCUT2D eigenvalue weighted by Crippen LogP contribution is -2.44. The van der Waals surface area contributed by atoms with E-state index in [1.54, 1.807) is 6.20 Å². The summed E-state index contributed by atoms with van der Waals surface area (Å²) in [6, 6.07) is 19.9. The summed E-state index contributed by atoms with van der Waals surface area (Å²) in [6.45, 7) is 9.52. The Labute approximate surface area is 223 Å². The van der Waals surface area contributed by atoms with E-state index >= 15 is 0 Å². The van der Waals surface area contributed by atoms with Crippen LogP contribution in [0.4, 0.5) is 17.3 Å². The molecule has 0 atom stereocenters. The molecule has 0 saturated carbocycles. The Morgan fingerprint density at radius 1 is 0.974 bits per heavy atom. The van der Waals surface area contributed by atoms with Crippen molar-refractivity contribution in [2.24, 2.45) is 0 Å². The summed E-state index contributed by atoms with van der Waals surface area (Å²) < 4.78 is 13.1. The monoisotopic (exact) mass is 514 g/mol. The largest absolute Gasteiger partial charge is 0.481 e. The summed E-state index contributed by atoms with van der Waals surface area (Å²) in [6.07, 6.45) is 1.78. The number of hydrogen-bond donors (Lipinski definition) is 1. The zero-order chi connectivity index (χ0) is 26.7. The fraction of sp³-hybridized carbons (Fsp3) is 0.345. The summed E-state index contributed by atoms with van der Waals surface area (Å²) in [4.78, 5) is 21.4. The van der Waals surface area contributed by atoms with E-state index < -0.39 is 11.6 Å². The van der Waals surface area contributed by atoms with Gasteiger partial charge in [-0.1, -0.05) is 12.1 Å². The number of piperazine rings is 1. The zero-order valence-electron chi connectivity index (χ0n) is 22.3. The first-order chi connectivity index (χ1) is 18.2. The molecule has 5 rings (SSSR count). The van der Waals surface area contributed by atoms with Gasteiger partial charge in [-0.15, -0.1) is 5.10 Å². The van der Waals surface area contributed by atoms with Crippen LogP contribution in [0.15, 0.2) is 66.9 Å². The number of nitrogens with zero attached hydrogens (tertiary/aromatic N) is 5. The molecule has 38 heavy (non-hydrogen) atoms. The Kier molecular flexibility index (Phi) is 7.20. The first-order valence-corrected chi connectivity index (χ1v) is 12.8. The normalized spacial score (nSPS) is 14.5. The molecule has 3 heterocycles. The predicted molar refractivity (Wildman–Crippen MR) is 149 cm³/mol. The van der Waals surface area contributed by atoms with Crippen LogP contribution in [0.5, 0.6) is 5.75 Å². The van der Waals surface area contributed by atoms with Crippen molar-refractivity contribution in [2.45, 2.75) is 26.4 Å². The number of esters is 1. The molecule has 2 aromatic carbocycles. The molecule has 2 aromatic heterocycles. The number of hydrogen-bond acceptors (Lipinski definition) is 8. The van der Waals surface area contributed by atoms with Gasteiger partial charge in [0.25, 0.3) is 0 Å². The summed E-state index contributed by atoms with van der Waals surface area (Å²) in [5.74, 6) is 0.639. The molecular formula is C29H34N6O3. The van der Waals surface area contributed by atoms with Crippen molar-refractivity contribution >= 4 is 28.8 Å². The second-order valence-corrected chi connectivity index (χ2v) is 10.5. The van der Waals surface area contributed by atoms with Crippen molar-refractivity contribution in [3.05, 3.63) is 66.9 Å². The number of carbonyl (C=O) groups is 1. The first-order valence-electron chi connectivity index (χ1n) is 12.8. The van der Waals surface area contributed by atoms with E-state index in [-0.39, 0.29) is 6.61 Å². The fourth-order valence-electron chi connectivity index (χ4n) is 4.42. The Balaban J connectivity index is 1.33. The van der Waals surface area contributed by atoms with Gasteiger partial charge < -0.3 is 24.6 Å². The Bertz CT molecular complexity index is 1400. The molecule has 9 nitrogen and oxygen atoms in total. The number of nitrogens with one attached hydrogen (secondary N) is 1. The molecule has 4 aromatic rings. The van der Waals surface area contributed by atoms with Crippen LogP contribution in [0, 0.1) is 0 Å². The number of para-hydroxylation sites is 1. The lowest BCUT2D eigenvalue weighted by molar-refractivity contribution is -0.157. The Morgan fingerprint density at radius 3 is 2.45 bits per heavy atom.